The maximum Gasteiger partial charge on any atom is 0.238 e. The molecule has 1 aliphatic carbocycles. The van der Waals surface area contributed by atoms with Crippen LogP contribution in [0.25, 0.3) is 5.57 Å². The van der Waals surface area contributed by atoms with Gasteiger partial charge >= 0.3 is 0 Å². The van der Waals surface area contributed by atoms with Gasteiger partial charge in [0.25, 0.3) is 0 Å². The van der Waals surface area contributed by atoms with Crippen LogP contribution in [0.5, 0.6) is 0 Å². The molecule has 1 aromatic rings. The van der Waals surface area contributed by atoms with Crippen molar-refractivity contribution in [3.63, 3.8) is 0 Å². The molecule has 0 radical (unpaired) electrons. The fourth-order valence-electron chi connectivity index (χ4n) is 5.92. The molecule has 2 bridgehead atoms. The smallest absolute Gasteiger partial charge is 0.238 e. The van der Waals surface area contributed by atoms with Gasteiger partial charge in [-0.2, -0.15) is 5.26 Å². The van der Waals surface area contributed by atoms with Crippen molar-refractivity contribution in [3.05, 3.63) is 41.2 Å². The van der Waals surface area contributed by atoms with Crippen molar-refractivity contribution in [3.8, 4) is 6.07 Å². The second kappa shape index (κ2) is 9.92. The number of benzene rings is 1. The van der Waals surface area contributed by atoms with Gasteiger partial charge in [0.05, 0.1) is 18.7 Å². The van der Waals surface area contributed by atoms with E-state index in [2.05, 4.69) is 27.7 Å². The Balaban J connectivity index is 1.14. The average Bonchev–Trinajstić information content (AvgIpc) is 3.61. The fraction of sp³-hybridized carbons (Fsp3) is 0.615. The largest absolute Gasteiger partial charge is 0.380 e. The third-order valence-corrected chi connectivity index (χ3v) is 7.90. The maximum absolute atomic E-state index is 14.9. The van der Waals surface area contributed by atoms with E-state index in [9.17, 15) is 14.4 Å². The standard InChI is InChI=1S/C26H33FN4O2/c27-24-14-19(17-7-10-31(11-8-17)23-9-12-33-16-23)2-1-18(24)3-6-22(15-28)30-26(32)25-20-4-5-21(13-20)29-25/h1-2,7,14,20-23,25,29H,3-6,8-13,16H2,(H,30,32). The topological polar surface area (TPSA) is 77.4 Å². The molecular weight excluding hydrogens is 419 g/mol. The van der Waals surface area contributed by atoms with E-state index in [4.69, 9.17) is 4.74 Å². The summed E-state index contributed by atoms with van der Waals surface area (Å²) < 4.78 is 20.4. The molecule has 1 amide bonds. The number of ether oxygens (including phenoxy) is 1. The molecule has 3 aliphatic heterocycles. The number of nitriles is 1. The number of nitrogens with one attached hydrogen (secondary N) is 2. The lowest BCUT2D eigenvalue weighted by molar-refractivity contribution is -0.124. The lowest BCUT2D eigenvalue weighted by atomic mass is 9.95. The Bertz CT molecular complexity index is 952. The average molecular weight is 453 g/mol. The quantitative estimate of drug-likeness (QED) is 0.665. The number of rotatable bonds is 7. The van der Waals surface area contributed by atoms with E-state index in [-0.39, 0.29) is 17.8 Å². The molecule has 6 nitrogen and oxygen atoms in total. The Labute approximate surface area is 195 Å². The maximum atomic E-state index is 14.9. The van der Waals surface area contributed by atoms with E-state index >= 15 is 0 Å². The highest BCUT2D eigenvalue weighted by atomic mass is 19.1. The number of amides is 1. The summed E-state index contributed by atoms with van der Waals surface area (Å²) in [6.07, 6.45) is 8.30. The van der Waals surface area contributed by atoms with Gasteiger partial charge in [-0.05, 0) is 73.6 Å². The van der Waals surface area contributed by atoms with Crippen LogP contribution in [0.1, 0.15) is 49.7 Å². The van der Waals surface area contributed by atoms with E-state index in [1.54, 1.807) is 6.07 Å². The van der Waals surface area contributed by atoms with Crippen molar-refractivity contribution in [1.82, 2.24) is 15.5 Å². The second-order valence-electron chi connectivity index (χ2n) is 9.94. The highest BCUT2D eigenvalue weighted by Crippen LogP contribution is 2.35. The van der Waals surface area contributed by atoms with Crippen LogP contribution in [0.4, 0.5) is 4.39 Å². The molecular formula is C26H33FN4O2. The van der Waals surface area contributed by atoms with Crippen LogP contribution in [0, 0.1) is 23.1 Å². The van der Waals surface area contributed by atoms with Gasteiger partial charge < -0.3 is 15.4 Å². The first-order chi connectivity index (χ1) is 16.1. The van der Waals surface area contributed by atoms with Crippen LogP contribution in [0.15, 0.2) is 24.3 Å². The van der Waals surface area contributed by atoms with Crippen LogP contribution in [-0.4, -0.2) is 61.3 Å². The Morgan fingerprint density at radius 1 is 1.36 bits per heavy atom. The van der Waals surface area contributed by atoms with Crippen molar-refractivity contribution in [2.75, 3.05) is 26.3 Å². The summed E-state index contributed by atoms with van der Waals surface area (Å²) in [6.45, 7) is 3.52. The van der Waals surface area contributed by atoms with E-state index < -0.39 is 6.04 Å². The zero-order valence-electron chi connectivity index (χ0n) is 19.1. The Hall–Kier alpha value is -2.27. The van der Waals surface area contributed by atoms with Gasteiger partial charge in [-0.15, -0.1) is 0 Å². The minimum Gasteiger partial charge on any atom is -0.380 e. The Kier molecular flexibility index (Phi) is 6.77. The second-order valence-corrected chi connectivity index (χ2v) is 9.94. The minimum atomic E-state index is -0.607. The summed E-state index contributed by atoms with van der Waals surface area (Å²) >= 11 is 0. The monoisotopic (exact) mass is 452 g/mol. The number of hydrogen-bond acceptors (Lipinski definition) is 5. The molecule has 5 atom stereocenters. The molecule has 33 heavy (non-hydrogen) atoms. The van der Waals surface area contributed by atoms with Crippen molar-refractivity contribution in [2.24, 2.45) is 5.92 Å². The highest BCUT2D eigenvalue weighted by Gasteiger charge is 2.43. The number of nitrogens with zero attached hydrogens (tertiary/aromatic N) is 2. The molecule has 3 fully saturated rings. The minimum absolute atomic E-state index is 0.0907. The fourth-order valence-corrected chi connectivity index (χ4v) is 5.92. The zero-order valence-corrected chi connectivity index (χ0v) is 19.1. The molecule has 0 spiro atoms. The number of carbonyl (C=O) groups excluding carboxylic acids is 1. The van der Waals surface area contributed by atoms with Crippen molar-refractivity contribution in [1.29, 1.82) is 5.26 Å². The van der Waals surface area contributed by atoms with Gasteiger partial charge in [0, 0.05) is 31.8 Å². The molecule has 5 unspecified atom stereocenters. The van der Waals surface area contributed by atoms with Gasteiger partial charge in [-0.25, -0.2) is 4.39 Å². The van der Waals surface area contributed by atoms with Crippen LogP contribution in [0.3, 0.4) is 0 Å². The molecule has 1 aromatic carbocycles. The molecule has 1 saturated carbocycles. The van der Waals surface area contributed by atoms with E-state index in [1.807, 2.05) is 12.1 Å². The van der Waals surface area contributed by atoms with E-state index in [1.165, 1.54) is 5.57 Å². The SMILES string of the molecule is N#CC(CCc1ccc(C2=CCN(C3CCOC3)CC2)cc1F)NC(=O)C1NC2CCC1C2. The molecule has 5 rings (SSSR count). The molecule has 176 valence electrons. The highest BCUT2D eigenvalue weighted by molar-refractivity contribution is 5.83. The van der Waals surface area contributed by atoms with Gasteiger partial charge in [-0.1, -0.05) is 18.2 Å². The third kappa shape index (κ3) is 4.98. The van der Waals surface area contributed by atoms with Crippen LogP contribution < -0.4 is 10.6 Å². The first-order valence-corrected chi connectivity index (χ1v) is 12.4. The summed E-state index contributed by atoms with van der Waals surface area (Å²) in [5.74, 6) is 0.0526. The van der Waals surface area contributed by atoms with E-state index in [0.29, 0.717) is 36.4 Å². The predicted octanol–water partition coefficient (Wildman–Crippen LogP) is 2.79. The number of hydrogen-bond donors (Lipinski definition) is 2. The lowest BCUT2D eigenvalue weighted by Gasteiger charge is -2.30. The first-order valence-electron chi connectivity index (χ1n) is 12.4. The van der Waals surface area contributed by atoms with Crippen LogP contribution in [-0.2, 0) is 16.0 Å². The first kappa shape index (κ1) is 22.5. The zero-order chi connectivity index (χ0) is 22.8. The van der Waals surface area contributed by atoms with Crippen molar-refractivity contribution < 1.29 is 13.9 Å². The molecule has 0 aromatic heterocycles. The van der Waals surface area contributed by atoms with Gasteiger partial charge in [0.1, 0.15) is 11.9 Å². The number of carbonyl (C=O) groups is 1. The van der Waals surface area contributed by atoms with Crippen LogP contribution in [0.2, 0.25) is 0 Å². The number of piperidine rings is 1. The number of halogens is 1. The lowest BCUT2D eigenvalue weighted by Crippen LogP contribution is -2.50. The van der Waals surface area contributed by atoms with Gasteiger partial charge in [-0.3, -0.25) is 9.69 Å². The number of aryl methyl sites for hydroxylation is 1. The third-order valence-electron chi connectivity index (χ3n) is 7.90. The Morgan fingerprint density at radius 3 is 2.91 bits per heavy atom. The summed E-state index contributed by atoms with van der Waals surface area (Å²) in [5.41, 5.74) is 2.72. The summed E-state index contributed by atoms with van der Waals surface area (Å²) in [6, 6.07) is 7.77. The van der Waals surface area contributed by atoms with Crippen molar-refractivity contribution >= 4 is 11.5 Å². The number of fused-ring (bicyclic) bond motifs is 2. The predicted molar refractivity (Wildman–Crippen MR) is 124 cm³/mol. The summed E-state index contributed by atoms with van der Waals surface area (Å²) in [5, 5.41) is 15.7. The van der Waals surface area contributed by atoms with Gasteiger partial charge in [0.15, 0.2) is 0 Å². The van der Waals surface area contributed by atoms with E-state index in [0.717, 1.165) is 64.0 Å². The Morgan fingerprint density at radius 2 is 2.27 bits per heavy atom. The van der Waals surface area contributed by atoms with Crippen molar-refractivity contribution in [2.45, 2.75) is 69.1 Å². The molecule has 2 N–H and O–H groups in total. The molecule has 7 heteroatoms. The van der Waals surface area contributed by atoms with Gasteiger partial charge in [0.2, 0.25) is 5.91 Å². The molecule has 2 saturated heterocycles. The molecule has 3 heterocycles. The normalized spacial score (nSPS) is 30.1. The van der Waals surface area contributed by atoms with Crippen LogP contribution >= 0.6 is 0 Å². The summed E-state index contributed by atoms with van der Waals surface area (Å²) in [7, 11) is 0. The summed E-state index contributed by atoms with van der Waals surface area (Å²) in [4.78, 5) is 15.0. The molecule has 4 aliphatic rings.